The van der Waals surface area contributed by atoms with Gasteiger partial charge in [0, 0.05) is 13.0 Å². The molecule has 0 bridgehead atoms. The van der Waals surface area contributed by atoms with Crippen LogP contribution in [0.4, 0.5) is 0 Å². The first-order valence-electron chi connectivity index (χ1n) is 11.5. The van der Waals surface area contributed by atoms with Gasteiger partial charge in [-0.05, 0) is 75.3 Å². The lowest BCUT2D eigenvalue weighted by molar-refractivity contribution is -0.143. The van der Waals surface area contributed by atoms with Crippen LogP contribution in [0.25, 0.3) is 0 Å². The maximum Gasteiger partial charge on any atom is 0.305 e. The van der Waals surface area contributed by atoms with Crippen molar-refractivity contribution < 1.29 is 24.1 Å². The molecule has 1 saturated carbocycles. The number of rotatable bonds is 10. The van der Waals surface area contributed by atoms with Gasteiger partial charge in [0.05, 0.1) is 12.7 Å². The molecule has 5 heteroatoms. The van der Waals surface area contributed by atoms with Gasteiger partial charge in [0.2, 0.25) is 0 Å². The highest BCUT2D eigenvalue weighted by Gasteiger charge is 2.37. The maximum absolute atomic E-state index is 11.5. The van der Waals surface area contributed by atoms with E-state index in [9.17, 15) is 9.90 Å². The fourth-order valence-electron chi connectivity index (χ4n) is 4.70. The van der Waals surface area contributed by atoms with Crippen LogP contribution in [0.15, 0.2) is 42.5 Å². The van der Waals surface area contributed by atoms with E-state index in [1.165, 1.54) is 0 Å². The molecule has 2 aliphatic rings. The topological polar surface area (TPSA) is 65.0 Å². The van der Waals surface area contributed by atoms with Crippen molar-refractivity contribution in [3.8, 4) is 5.75 Å². The Hall–Kier alpha value is -1.85. The number of hydrogen-bond donors (Lipinski definition) is 1. The van der Waals surface area contributed by atoms with Crippen molar-refractivity contribution >= 4 is 5.97 Å². The normalized spacial score (nSPS) is 27.4. The largest absolute Gasteiger partial charge is 0.491 e. The fraction of sp³-hybridized carbons (Fsp3) is 0.640. The number of benzene rings is 1. The maximum atomic E-state index is 11.5. The minimum absolute atomic E-state index is 0.0936. The van der Waals surface area contributed by atoms with Crippen molar-refractivity contribution in [3.63, 3.8) is 0 Å². The lowest BCUT2D eigenvalue weighted by atomic mass is 9.87. The van der Waals surface area contributed by atoms with E-state index in [1.807, 2.05) is 43.3 Å². The number of fused-ring (bicyclic) bond motifs is 1. The first-order chi connectivity index (χ1) is 14.7. The average molecular weight is 417 g/mol. The Morgan fingerprint density at radius 3 is 2.87 bits per heavy atom. The van der Waals surface area contributed by atoms with Crippen molar-refractivity contribution in [3.05, 3.63) is 42.5 Å². The van der Waals surface area contributed by atoms with Gasteiger partial charge in [-0.15, -0.1) is 0 Å². The lowest BCUT2D eigenvalue weighted by Gasteiger charge is -2.20. The van der Waals surface area contributed by atoms with Crippen molar-refractivity contribution in [2.24, 2.45) is 17.8 Å². The molecule has 1 heterocycles. The van der Waals surface area contributed by atoms with Crippen molar-refractivity contribution in [2.45, 2.75) is 64.1 Å². The summed E-state index contributed by atoms with van der Waals surface area (Å²) in [4.78, 5) is 11.5. The van der Waals surface area contributed by atoms with E-state index in [0.29, 0.717) is 36.9 Å². The molecule has 0 unspecified atom stereocenters. The summed E-state index contributed by atoms with van der Waals surface area (Å²) in [5.74, 6) is 2.19. The molecule has 0 aromatic heterocycles. The third-order valence-corrected chi connectivity index (χ3v) is 6.31. The Morgan fingerprint density at radius 2 is 2.07 bits per heavy atom. The highest BCUT2D eigenvalue weighted by Crippen LogP contribution is 2.41. The third kappa shape index (κ3) is 7.13. The van der Waals surface area contributed by atoms with Crippen LogP contribution in [0, 0.1) is 17.8 Å². The molecule has 5 nitrogen and oxygen atoms in total. The van der Waals surface area contributed by atoms with Crippen LogP contribution in [-0.2, 0) is 14.3 Å². The molecule has 30 heavy (non-hydrogen) atoms. The zero-order valence-electron chi connectivity index (χ0n) is 18.1. The molecule has 1 N–H and O–H groups in total. The number of carbonyl (C=O) groups is 1. The van der Waals surface area contributed by atoms with Gasteiger partial charge in [0.15, 0.2) is 0 Å². The summed E-state index contributed by atoms with van der Waals surface area (Å²) in [5.41, 5.74) is 0. The zero-order valence-corrected chi connectivity index (χ0v) is 18.1. The molecule has 0 spiro atoms. The van der Waals surface area contributed by atoms with E-state index in [2.05, 4.69) is 6.08 Å². The monoisotopic (exact) mass is 416 g/mol. The van der Waals surface area contributed by atoms with E-state index in [0.717, 1.165) is 50.9 Å². The second-order valence-electron chi connectivity index (χ2n) is 8.49. The van der Waals surface area contributed by atoms with Crippen LogP contribution < -0.4 is 4.74 Å². The average Bonchev–Trinajstić information content (AvgIpc) is 3.03. The molecule has 1 aromatic rings. The number of aliphatic hydroxyl groups excluding tert-OH is 1. The Balaban J connectivity index is 1.40. The molecule has 0 amide bonds. The highest BCUT2D eigenvalue weighted by molar-refractivity contribution is 5.69. The predicted molar refractivity (Wildman–Crippen MR) is 116 cm³/mol. The van der Waals surface area contributed by atoms with E-state index in [4.69, 9.17) is 14.2 Å². The number of allylic oxidation sites excluding steroid dienone is 1. The van der Waals surface area contributed by atoms with Crippen molar-refractivity contribution in [2.75, 3.05) is 19.8 Å². The van der Waals surface area contributed by atoms with Crippen molar-refractivity contribution in [1.82, 2.24) is 0 Å². The third-order valence-electron chi connectivity index (χ3n) is 6.31. The van der Waals surface area contributed by atoms with Gasteiger partial charge >= 0.3 is 5.97 Å². The summed E-state index contributed by atoms with van der Waals surface area (Å²) in [6.07, 6.45) is 10.7. The summed E-state index contributed by atoms with van der Waals surface area (Å²) >= 11 is 0. The number of hydrogen-bond acceptors (Lipinski definition) is 5. The molecule has 0 radical (unpaired) electrons. The molecular weight excluding hydrogens is 380 g/mol. The molecule has 1 saturated heterocycles. The van der Waals surface area contributed by atoms with Crippen LogP contribution in [-0.4, -0.2) is 43.1 Å². The Kier molecular flexibility index (Phi) is 9.22. The van der Waals surface area contributed by atoms with Crippen LogP contribution in [0.1, 0.15) is 51.9 Å². The summed E-state index contributed by atoms with van der Waals surface area (Å²) in [6, 6.07) is 9.58. The molecule has 166 valence electrons. The van der Waals surface area contributed by atoms with Gasteiger partial charge in [-0.1, -0.05) is 30.4 Å². The standard InChI is InChI=1S/C25H36O5/c1-2-28-25(27)10-6-7-19-11-15-23-20(13-16-24(23)30-17-19)12-14-21(26)18-29-22-8-4-3-5-9-22/h3-5,8-9,12,14,19-21,23-24,26H,2,6-7,10-11,13,15-18H2,1H3/b14-12+/t19-,20-,21+,23+,24-/m0/s1. The fourth-order valence-corrected chi connectivity index (χ4v) is 4.70. The first-order valence-corrected chi connectivity index (χ1v) is 11.5. The minimum atomic E-state index is -0.605. The SMILES string of the molecule is CCOC(=O)CCC[C@H]1CC[C@H]2[C@H](CC[C@@H]2/C=C/[C@@H](O)COc2ccccc2)OC1. The van der Waals surface area contributed by atoms with Gasteiger partial charge in [-0.2, -0.15) is 0 Å². The molecule has 1 aromatic carbocycles. The van der Waals surface area contributed by atoms with E-state index < -0.39 is 6.10 Å². The van der Waals surface area contributed by atoms with E-state index in [-0.39, 0.29) is 12.6 Å². The summed E-state index contributed by atoms with van der Waals surface area (Å²) < 4.78 is 16.9. The molecule has 5 atom stereocenters. The number of esters is 1. The van der Waals surface area contributed by atoms with Crippen LogP contribution in [0.2, 0.25) is 0 Å². The van der Waals surface area contributed by atoms with Gasteiger partial charge in [-0.3, -0.25) is 4.79 Å². The molecule has 2 fully saturated rings. The first kappa shape index (κ1) is 22.8. The number of para-hydroxylation sites is 1. The smallest absolute Gasteiger partial charge is 0.305 e. The van der Waals surface area contributed by atoms with Crippen LogP contribution in [0.5, 0.6) is 5.75 Å². The lowest BCUT2D eigenvalue weighted by Crippen LogP contribution is -2.20. The van der Waals surface area contributed by atoms with Crippen LogP contribution >= 0.6 is 0 Å². The Labute approximate surface area is 180 Å². The molecule has 1 aliphatic heterocycles. The number of carbonyl (C=O) groups excluding carboxylic acids is 1. The molecular formula is C25H36O5. The molecule has 1 aliphatic carbocycles. The van der Waals surface area contributed by atoms with E-state index >= 15 is 0 Å². The predicted octanol–water partition coefficient (Wildman–Crippen LogP) is 4.54. The summed E-state index contributed by atoms with van der Waals surface area (Å²) in [6.45, 7) is 3.36. The minimum Gasteiger partial charge on any atom is -0.491 e. The van der Waals surface area contributed by atoms with Crippen molar-refractivity contribution in [1.29, 1.82) is 0 Å². The quantitative estimate of drug-likeness (QED) is 0.448. The van der Waals surface area contributed by atoms with Gasteiger partial charge in [0.1, 0.15) is 18.5 Å². The van der Waals surface area contributed by atoms with Gasteiger partial charge in [0.25, 0.3) is 0 Å². The number of ether oxygens (including phenoxy) is 3. The summed E-state index contributed by atoms with van der Waals surface area (Å²) in [5, 5.41) is 10.3. The van der Waals surface area contributed by atoms with Gasteiger partial charge < -0.3 is 19.3 Å². The van der Waals surface area contributed by atoms with Crippen LogP contribution in [0.3, 0.4) is 0 Å². The zero-order chi connectivity index (χ0) is 21.2. The second-order valence-corrected chi connectivity index (χ2v) is 8.49. The second kappa shape index (κ2) is 12.1. The Morgan fingerprint density at radius 1 is 1.23 bits per heavy atom. The number of aliphatic hydroxyl groups is 1. The van der Waals surface area contributed by atoms with E-state index in [1.54, 1.807) is 0 Å². The summed E-state index contributed by atoms with van der Waals surface area (Å²) in [7, 11) is 0. The van der Waals surface area contributed by atoms with Gasteiger partial charge in [-0.25, -0.2) is 0 Å². The molecule has 3 rings (SSSR count). The Bertz CT molecular complexity index is 659. The highest BCUT2D eigenvalue weighted by atomic mass is 16.5.